The quantitative estimate of drug-likeness (QED) is 0.442. The first kappa shape index (κ1) is 26.0. The molecule has 2 aliphatic carbocycles. The number of likely N-dealkylation sites (tertiary alicyclic amines) is 1. The van der Waals surface area contributed by atoms with Crippen LogP contribution in [0.4, 0.5) is 4.79 Å². The zero-order chi connectivity index (χ0) is 26.8. The normalized spacial score (nSPS) is 19.9. The van der Waals surface area contributed by atoms with Gasteiger partial charge in [0, 0.05) is 18.5 Å². The lowest BCUT2D eigenvalue weighted by Gasteiger charge is -2.28. The van der Waals surface area contributed by atoms with Gasteiger partial charge in [-0.3, -0.25) is 14.5 Å². The van der Waals surface area contributed by atoms with E-state index in [1.165, 1.54) is 4.90 Å². The molecule has 3 aliphatic rings. The van der Waals surface area contributed by atoms with E-state index in [9.17, 15) is 19.5 Å². The van der Waals surface area contributed by atoms with Crippen LogP contribution < -0.4 is 10.6 Å². The maximum Gasteiger partial charge on any atom is 0.410 e. The molecule has 2 aromatic carbocycles. The van der Waals surface area contributed by atoms with Crippen molar-refractivity contribution in [1.29, 1.82) is 0 Å². The average molecular weight is 518 g/mol. The minimum absolute atomic E-state index is 0.0847. The number of hydrogen-bond acceptors (Lipinski definition) is 5. The number of carbonyl (C=O) groups excluding carboxylic acids is 3. The molecule has 0 radical (unpaired) electrons. The monoisotopic (exact) mass is 517 g/mol. The van der Waals surface area contributed by atoms with Gasteiger partial charge in [0.1, 0.15) is 12.6 Å². The fourth-order valence-corrected chi connectivity index (χ4v) is 5.50. The molecule has 0 bridgehead atoms. The SMILES string of the molecule is C=C1C[C@@H](C(=O)N[C@H](CCC)C(O)C(=O)NC2CC2)N(C(=O)OCC2c3ccccc3-c3ccccc32)C1. The zero-order valence-corrected chi connectivity index (χ0v) is 21.7. The van der Waals surface area contributed by atoms with Crippen LogP contribution in [0.15, 0.2) is 60.7 Å². The molecule has 2 aromatic rings. The third-order valence-corrected chi connectivity index (χ3v) is 7.63. The van der Waals surface area contributed by atoms with Crippen LogP contribution in [0, 0.1) is 0 Å². The summed E-state index contributed by atoms with van der Waals surface area (Å²) in [7, 11) is 0. The van der Waals surface area contributed by atoms with Gasteiger partial charge in [0.05, 0.1) is 6.04 Å². The number of nitrogens with zero attached hydrogens (tertiary/aromatic N) is 1. The van der Waals surface area contributed by atoms with Gasteiger partial charge in [-0.1, -0.05) is 74.0 Å². The molecule has 200 valence electrons. The van der Waals surface area contributed by atoms with Gasteiger partial charge in [-0.05, 0) is 47.9 Å². The first-order chi connectivity index (χ1) is 18.4. The van der Waals surface area contributed by atoms with Gasteiger partial charge in [0.2, 0.25) is 5.91 Å². The van der Waals surface area contributed by atoms with E-state index in [1.807, 2.05) is 31.2 Å². The number of aliphatic hydroxyl groups is 1. The lowest BCUT2D eigenvalue weighted by Crippen LogP contribution is -2.55. The summed E-state index contributed by atoms with van der Waals surface area (Å²) < 4.78 is 5.79. The Kier molecular flexibility index (Phi) is 7.51. The number of carbonyl (C=O) groups is 3. The number of nitrogens with one attached hydrogen (secondary N) is 2. The van der Waals surface area contributed by atoms with Crippen molar-refractivity contribution in [1.82, 2.24) is 15.5 Å². The van der Waals surface area contributed by atoms with Gasteiger partial charge in [0.25, 0.3) is 5.91 Å². The molecule has 3 N–H and O–H groups in total. The summed E-state index contributed by atoms with van der Waals surface area (Å²) in [4.78, 5) is 40.3. The Morgan fingerprint density at radius 3 is 2.32 bits per heavy atom. The van der Waals surface area contributed by atoms with E-state index in [4.69, 9.17) is 4.74 Å². The molecule has 3 amide bonds. The second kappa shape index (κ2) is 11.0. The Labute approximate surface area is 223 Å². The summed E-state index contributed by atoms with van der Waals surface area (Å²) in [6.45, 7) is 6.29. The van der Waals surface area contributed by atoms with Crippen LogP contribution in [-0.2, 0) is 14.3 Å². The lowest BCUT2D eigenvalue weighted by molar-refractivity contribution is -0.133. The van der Waals surface area contributed by atoms with Crippen molar-refractivity contribution in [3.8, 4) is 11.1 Å². The molecule has 1 saturated heterocycles. The molecular weight excluding hydrogens is 482 g/mol. The van der Waals surface area contributed by atoms with Crippen LogP contribution in [0.25, 0.3) is 11.1 Å². The van der Waals surface area contributed by atoms with Crippen molar-refractivity contribution in [2.45, 2.75) is 69.2 Å². The van der Waals surface area contributed by atoms with Crippen LogP contribution in [0.3, 0.4) is 0 Å². The van der Waals surface area contributed by atoms with Gasteiger partial charge in [-0.25, -0.2) is 4.79 Å². The van der Waals surface area contributed by atoms with Crippen molar-refractivity contribution < 1.29 is 24.2 Å². The summed E-state index contributed by atoms with van der Waals surface area (Å²) in [6, 6.07) is 14.8. The molecule has 2 fully saturated rings. The molecule has 0 aromatic heterocycles. The smallest absolute Gasteiger partial charge is 0.410 e. The molecule has 1 unspecified atom stereocenters. The van der Waals surface area contributed by atoms with E-state index in [0.29, 0.717) is 19.3 Å². The minimum Gasteiger partial charge on any atom is -0.448 e. The second-order valence-electron chi connectivity index (χ2n) is 10.5. The minimum atomic E-state index is -1.35. The topological polar surface area (TPSA) is 108 Å². The van der Waals surface area contributed by atoms with Crippen LogP contribution in [0.1, 0.15) is 56.1 Å². The molecule has 5 rings (SSSR count). The molecule has 1 heterocycles. The predicted octanol–water partition coefficient (Wildman–Crippen LogP) is 3.49. The third-order valence-electron chi connectivity index (χ3n) is 7.63. The number of hydrogen-bond donors (Lipinski definition) is 3. The highest BCUT2D eigenvalue weighted by Crippen LogP contribution is 2.44. The Balaban J connectivity index is 1.25. The Bertz CT molecular complexity index is 1190. The van der Waals surface area contributed by atoms with E-state index < -0.39 is 36.1 Å². The Morgan fingerprint density at radius 2 is 1.71 bits per heavy atom. The third kappa shape index (κ3) is 5.31. The van der Waals surface area contributed by atoms with E-state index in [2.05, 4.69) is 41.5 Å². The van der Waals surface area contributed by atoms with Gasteiger partial charge in [0.15, 0.2) is 6.10 Å². The van der Waals surface area contributed by atoms with E-state index >= 15 is 0 Å². The number of fused-ring (bicyclic) bond motifs is 3. The fraction of sp³-hybridized carbons (Fsp3) is 0.433. The summed E-state index contributed by atoms with van der Waals surface area (Å²) in [5.41, 5.74) is 5.26. The number of amides is 3. The summed E-state index contributed by atoms with van der Waals surface area (Å²) >= 11 is 0. The maximum absolute atomic E-state index is 13.3. The highest BCUT2D eigenvalue weighted by molar-refractivity contribution is 5.89. The zero-order valence-electron chi connectivity index (χ0n) is 21.7. The maximum atomic E-state index is 13.3. The molecular formula is C30H35N3O5. The summed E-state index contributed by atoms with van der Waals surface area (Å²) in [5.74, 6) is -0.983. The second-order valence-corrected chi connectivity index (χ2v) is 10.5. The van der Waals surface area contributed by atoms with Gasteiger partial charge < -0.3 is 20.5 Å². The van der Waals surface area contributed by atoms with Crippen LogP contribution in [0.2, 0.25) is 0 Å². The Morgan fingerprint density at radius 1 is 1.08 bits per heavy atom. The standard InChI is InChI=1S/C30H35N3O5/c1-3-8-25(27(34)29(36)31-19-13-14-19)32-28(35)26-15-18(2)16-33(26)30(37)38-17-24-22-11-6-4-9-20(22)21-10-5-7-12-23(21)24/h4-7,9-12,19,24-27,34H,2-3,8,13-17H2,1H3,(H,31,36)(H,32,35)/t25-,26+,27?/m1/s1. The number of benzene rings is 2. The first-order valence-corrected chi connectivity index (χ1v) is 13.4. The first-order valence-electron chi connectivity index (χ1n) is 13.4. The van der Waals surface area contributed by atoms with Crippen LogP contribution >= 0.6 is 0 Å². The molecule has 1 aliphatic heterocycles. The lowest BCUT2D eigenvalue weighted by atomic mass is 9.98. The van der Waals surface area contributed by atoms with Gasteiger partial charge >= 0.3 is 6.09 Å². The molecule has 1 saturated carbocycles. The predicted molar refractivity (Wildman–Crippen MR) is 143 cm³/mol. The van der Waals surface area contributed by atoms with Gasteiger partial charge in [-0.15, -0.1) is 0 Å². The number of ether oxygens (including phenoxy) is 1. The molecule has 0 spiro atoms. The van der Waals surface area contributed by atoms with Crippen molar-refractivity contribution >= 4 is 17.9 Å². The molecule has 38 heavy (non-hydrogen) atoms. The fourth-order valence-electron chi connectivity index (χ4n) is 5.50. The van der Waals surface area contributed by atoms with E-state index in [0.717, 1.165) is 40.7 Å². The van der Waals surface area contributed by atoms with Crippen molar-refractivity contribution in [2.24, 2.45) is 0 Å². The van der Waals surface area contributed by atoms with Crippen LogP contribution in [0.5, 0.6) is 0 Å². The average Bonchev–Trinajstić information content (AvgIpc) is 3.56. The van der Waals surface area contributed by atoms with Crippen LogP contribution in [-0.4, -0.2) is 65.3 Å². The van der Waals surface area contributed by atoms with Crippen molar-refractivity contribution in [2.75, 3.05) is 13.2 Å². The molecule has 8 nitrogen and oxygen atoms in total. The largest absolute Gasteiger partial charge is 0.448 e. The Hall–Kier alpha value is -3.65. The molecule has 8 heteroatoms. The van der Waals surface area contributed by atoms with Crippen molar-refractivity contribution in [3.05, 3.63) is 71.8 Å². The van der Waals surface area contributed by atoms with Crippen molar-refractivity contribution in [3.63, 3.8) is 0 Å². The highest BCUT2D eigenvalue weighted by Gasteiger charge is 2.40. The van der Waals surface area contributed by atoms with Gasteiger partial charge in [-0.2, -0.15) is 0 Å². The molecule has 3 atom stereocenters. The highest BCUT2D eigenvalue weighted by atomic mass is 16.6. The summed E-state index contributed by atoms with van der Waals surface area (Å²) in [6.07, 6.45) is 1.29. The summed E-state index contributed by atoms with van der Waals surface area (Å²) in [5, 5.41) is 16.2. The van der Waals surface area contributed by atoms with E-state index in [1.54, 1.807) is 0 Å². The number of aliphatic hydroxyl groups excluding tert-OH is 1. The van der Waals surface area contributed by atoms with E-state index in [-0.39, 0.29) is 25.1 Å². The number of rotatable bonds is 9.